The molecule has 1 fully saturated rings. The van der Waals surface area contributed by atoms with Gasteiger partial charge in [-0.2, -0.15) is 0 Å². The Kier molecular flexibility index (Phi) is 3.53. The molecule has 104 valence electrons. The van der Waals surface area contributed by atoms with Crippen LogP contribution >= 0.6 is 0 Å². The van der Waals surface area contributed by atoms with Crippen LogP contribution in [0.4, 0.5) is 8.78 Å². The molecule has 0 spiro atoms. The molecule has 1 unspecified atom stereocenters. The molecule has 1 saturated carbocycles. The average molecular weight is 273 g/mol. The predicted octanol–water partition coefficient (Wildman–Crippen LogP) is 4.28. The number of rotatable bonds is 3. The highest BCUT2D eigenvalue weighted by Crippen LogP contribution is 2.40. The molecule has 2 aromatic rings. The van der Waals surface area contributed by atoms with Gasteiger partial charge in [-0.05, 0) is 36.0 Å². The normalized spacial score (nSPS) is 16.8. The Morgan fingerprint density at radius 2 is 1.65 bits per heavy atom. The maximum atomic E-state index is 13.9. The first-order valence-electron chi connectivity index (χ1n) is 6.97. The van der Waals surface area contributed by atoms with Crippen LogP contribution in [0, 0.1) is 11.6 Å². The summed E-state index contributed by atoms with van der Waals surface area (Å²) in [4.78, 5) is 0. The van der Waals surface area contributed by atoms with Crippen molar-refractivity contribution in [2.24, 2.45) is 5.73 Å². The molecule has 2 N–H and O–H groups in total. The molecule has 1 nitrogen and oxygen atoms in total. The lowest BCUT2D eigenvalue weighted by Gasteiger charge is -2.29. The first kappa shape index (κ1) is 13.3. The lowest BCUT2D eigenvalue weighted by molar-refractivity contribution is 0.415. The SMILES string of the molecule is NC(c1ccccc1C1CCC1)c1cccc(F)c1F. The summed E-state index contributed by atoms with van der Waals surface area (Å²) in [6.45, 7) is 0. The van der Waals surface area contributed by atoms with Gasteiger partial charge in [0.1, 0.15) is 0 Å². The third-order valence-corrected chi connectivity index (χ3v) is 4.19. The molecule has 0 amide bonds. The molecule has 0 aromatic heterocycles. The van der Waals surface area contributed by atoms with E-state index >= 15 is 0 Å². The molecule has 0 aliphatic heterocycles. The Labute approximate surface area is 117 Å². The monoisotopic (exact) mass is 273 g/mol. The van der Waals surface area contributed by atoms with Crippen LogP contribution in [0.2, 0.25) is 0 Å². The summed E-state index contributed by atoms with van der Waals surface area (Å²) in [6, 6.07) is 11.4. The van der Waals surface area contributed by atoms with Crippen LogP contribution in [0.3, 0.4) is 0 Å². The lowest BCUT2D eigenvalue weighted by atomic mass is 9.76. The smallest absolute Gasteiger partial charge is 0.163 e. The van der Waals surface area contributed by atoms with Crippen molar-refractivity contribution in [1.29, 1.82) is 0 Å². The zero-order chi connectivity index (χ0) is 14.1. The van der Waals surface area contributed by atoms with E-state index in [4.69, 9.17) is 5.73 Å². The molecule has 0 heterocycles. The number of benzene rings is 2. The molecule has 0 radical (unpaired) electrons. The number of hydrogen-bond donors (Lipinski definition) is 1. The molecule has 20 heavy (non-hydrogen) atoms. The van der Waals surface area contributed by atoms with Gasteiger partial charge in [0.05, 0.1) is 6.04 Å². The van der Waals surface area contributed by atoms with Gasteiger partial charge in [-0.1, -0.05) is 42.8 Å². The second-order valence-corrected chi connectivity index (χ2v) is 5.38. The summed E-state index contributed by atoms with van der Waals surface area (Å²) < 4.78 is 27.3. The van der Waals surface area contributed by atoms with Crippen LogP contribution in [0.5, 0.6) is 0 Å². The Hall–Kier alpha value is -1.74. The minimum atomic E-state index is -0.848. The van der Waals surface area contributed by atoms with Gasteiger partial charge in [-0.25, -0.2) is 8.78 Å². The van der Waals surface area contributed by atoms with Gasteiger partial charge in [-0.15, -0.1) is 0 Å². The van der Waals surface area contributed by atoms with Crippen molar-refractivity contribution >= 4 is 0 Å². The molecule has 1 atom stereocenters. The molecular formula is C17H17F2N. The largest absolute Gasteiger partial charge is 0.320 e. The zero-order valence-electron chi connectivity index (χ0n) is 11.2. The summed E-state index contributed by atoms with van der Waals surface area (Å²) in [5.74, 6) is -1.18. The lowest BCUT2D eigenvalue weighted by Crippen LogP contribution is -2.19. The van der Waals surface area contributed by atoms with Crippen molar-refractivity contribution in [3.8, 4) is 0 Å². The predicted molar refractivity (Wildman–Crippen MR) is 75.4 cm³/mol. The van der Waals surface area contributed by atoms with Gasteiger partial charge in [0.2, 0.25) is 0 Å². The molecular weight excluding hydrogens is 256 g/mol. The number of halogens is 2. The van der Waals surface area contributed by atoms with Crippen molar-refractivity contribution in [2.45, 2.75) is 31.2 Å². The van der Waals surface area contributed by atoms with E-state index in [1.807, 2.05) is 18.2 Å². The Morgan fingerprint density at radius 1 is 0.950 bits per heavy atom. The molecule has 3 heteroatoms. The standard InChI is InChI=1S/C17H17F2N/c18-15-10-4-9-14(16(15)19)17(20)13-8-2-1-7-12(13)11-5-3-6-11/h1-2,4,7-11,17H,3,5-6,20H2. The first-order chi connectivity index (χ1) is 9.68. The van der Waals surface area contributed by atoms with Crippen molar-refractivity contribution in [3.05, 3.63) is 70.8 Å². The Morgan fingerprint density at radius 3 is 2.35 bits per heavy atom. The molecule has 1 aliphatic carbocycles. The van der Waals surface area contributed by atoms with Gasteiger partial charge < -0.3 is 5.73 Å². The van der Waals surface area contributed by atoms with E-state index in [9.17, 15) is 8.78 Å². The minimum absolute atomic E-state index is 0.219. The van der Waals surface area contributed by atoms with Crippen LogP contribution in [0.15, 0.2) is 42.5 Å². The van der Waals surface area contributed by atoms with Crippen molar-refractivity contribution in [3.63, 3.8) is 0 Å². The molecule has 2 aromatic carbocycles. The molecule has 0 bridgehead atoms. The highest BCUT2D eigenvalue weighted by atomic mass is 19.2. The fourth-order valence-electron chi connectivity index (χ4n) is 2.81. The first-order valence-corrected chi connectivity index (χ1v) is 6.97. The molecule has 1 aliphatic rings. The van der Waals surface area contributed by atoms with E-state index in [1.165, 1.54) is 18.1 Å². The zero-order valence-corrected chi connectivity index (χ0v) is 11.2. The second-order valence-electron chi connectivity index (χ2n) is 5.38. The maximum Gasteiger partial charge on any atom is 0.163 e. The van der Waals surface area contributed by atoms with Crippen LogP contribution in [-0.4, -0.2) is 0 Å². The van der Waals surface area contributed by atoms with Gasteiger partial charge in [0.15, 0.2) is 11.6 Å². The second kappa shape index (κ2) is 5.33. The van der Waals surface area contributed by atoms with E-state index < -0.39 is 17.7 Å². The number of hydrogen-bond acceptors (Lipinski definition) is 1. The molecule has 0 saturated heterocycles. The fourth-order valence-corrected chi connectivity index (χ4v) is 2.81. The summed E-state index contributed by atoms with van der Waals surface area (Å²) in [7, 11) is 0. The summed E-state index contributed by atoms with van der Waals surface area (Å²) in [5, 5.41) is 0. The topological polar surface area (TPSA) is 26.0 Å². The summed E-state index contributed by atoms with van der Waals surface area (Å²) in [6.07, 6.45) is 3.52. The summed E-state index contributed by atoms with van der Waals surface area (Å²) >= 11 is 0. The maximum absolute atomic E-state index is 13.9. The van der Waals surface area contributed by atoms with Crippen molar-refractivity contribution < 1.29 is 8.78 Å². The van der Waals surface area contributed by atoms with E-state index in [2.05, 4.69) is 6.07 Å². The van der Waals surface area contributed by atoms with Crippen LogP contribution < -0.4 is 5.73 Å². The molecule has 3 rings (SSSR count). The fraction of sp³-hybridized carbons (Fsp3) is 0.294. The Balaban J connectivity index is 2.02. The van der Waals surface area contributed by atoms with Gasteiger partial charge >= 0.3 is 0 Å². The Bertz CT molecular complexity index is 620. The van der Waals surface area contributed by atoms with Crippen LogP contribution in [0.25, 0.3) is 0 Å². The third-order valence-electron chi connectivity index (χ3n) is 4.19. The van der Waals surface area contributed by atoms with Crippen molar-refractivity contribution in [2.75, 3.05) is 0 Å². The van der Waals surface area contributed by atoms with E-state index in [0.717, 1.165) is 24.5 Å². The van der Waals surface area contributed by atoms with Crippen LogP contribution in [0.1, 0.15) is 47.9 Å². The minimum Gasteiger partial charge on any atom is -0.320 e. The number of nitrogens with two attached hydrogens (primary N) is 1. The van der Waals surface area contributed by atoms with E-state index in [1.54, 1.807) is 6.07 Å². The quantitative estimate of drug-likeness (QED) is 0.887. The third kappa shape index (κ3) is 2.22. The van der Waals surface area contributed by atoms with Crippen LogP contribution in [-0.2, 0) is 0 Å². The van der Waals surface area contributed by atoms with Gasteiger partial charge in [-0.3, -0.25) is 0 Å². The average Bonchev–Trinajstić information content (AvgIpc) is 2.40. The highest BCUT2D eigenvalue weighted by Gasteiger charge is 2.25. The van der Waals surface area contributed by atoms with Gasteiger partial charge in [0.25, 0.3) is 0 Å². The van der Waals surface area contributed by atoms with Gasteiger partial charge in [0, 0.05) is 5.56 Å². The summed E-state index contributed by atoms with van der Waals surface area (Å²) in [5.41, 5.74) is 8.50. The highest BCUT2D eigenvalue weighted by molar-refractivity contribution is 5.40. The van der Waals surface area contributed by atoms with Crippen molar-refractivity contribution in [1.82, 2.24) is 0 Å². The van der Waals surface area contributed by atoms with E-state index in [-0.39, 0.29) is 5.56 Å². The van der Waals surface area contributed by atoms with E-state index in [0.29, 0.717) is 5.92 Å².